The number of hydrogen-bond acceptors (Lipinski definition) is 5. The van der Waals surface area contributed by atoms with Gasteiger partial charge in [-0.15, -0.1) is 0 Å². The number of methoxy groups -OCH3 is 1. The SMILES string of the molecule is COc1ccc(CN2C(=O)Cc3c(C)nc(C4CCCN(C(=O)CC(C)C)C4)nc32)cc1. The van der Waals surface area contributed by atoms with E-state index in [2.05, 4.69) is 13.8 Å². The van der Waals surface area contributed by atoms with Crippen molar-refractivity contribution in [2.75, 3.05) is 25.1 Å². The number of benzene rings is 1. The number of carbonyl (C=O) groups excluding carboxylic acids is 2. The van der Waals surface area contributed by atoms with Crippen LogP contribution in [0.4, 0.5) is 5.82 Å². The minimum Gasteiger partial charge on any atom is -0.497 e. The lowest BCUT2D eigenvalue weighted by Gasteiger charge is -2.33. The van der Waals surface area contributed by atoms with Crippen LogP contribution in [0.2, 0.25) is 0 Å². The van der Waals surface area contributed by atoms with Crippen LogP contribution in [0.15, 0.2) is 24.3 Å². The number of aromatic nitrogens is 2. The zero-order valence-corrected chi connectivity index (χ0v) is 19.4. The van der Waals surface area contributed by atoms with Crippen molar-refractivity contribution in [2.24, 2.45) is 5.92 Å². The molecule has 0 radical (unpaired) electrons. The predicted octanol–water partition coefficient (Wildman–Crippen LogP) is 3.64. The molecule has 2 aliphatic heterocycles. The van der Waals surface area contributed by atoms with Crippen molar-refractivity contribution in [1.29, 1.82) is 0 Å². The second kappa shape index (κ2) is 9.27. The third-order valence-electron chi connectivity index (χ3n) is 6.32. The Balaban J connectivity index is 1.57. The maximum atomic E-state index is 12.8. The number of hydrogen-bond donors (Lipinski definition) is 0. The van der Waals surface area contributed by atoms with Crippen molar-refractivity contribution in [2.45, 2.75) is 58.9 Å². The third-order valence-corrected chi connectivity index (χ3v) is 6.32. The fourth-order valence-corrected chi connectivity index (χ4v) is 4.55. The molecule has 1 atom stereocenters. The molecule has 1 saturated heterocycles. The Morgan fingerprint density at radius 2 is 1.97 bits per heavy atom. The Hall–Kier alpha value is -2.96. The molecule has 2 aromatic rings. The Kier molecular flexibility index (Phi) is 6.44. The number of piperidine rings is 1. The number of anilines is 1. The lowest BCUT2D eigenvalue weighted by molar-refractivity contribution is -0.133. The molecule has 1 unspecified atom stereocenters. The van der Waals surface area contributed by atoms with Crippen molar-refractivity contribution in [3.05, 3.63) is 46.9 Å². The Morgan fingerprint density at radius 3 is 2.66 bits per heavy atom. The molecule has 2 amide bonds. The van der Waals surface area contributed by atoms with E-state index in [1.807, 2.05) is 36.1 Å². The van der Waals surface area contributed by atoms with Crippen LogP contribution in [0.5, 0.6) is 5.75 Å². The quantitative estimate of drug-likeness (QED) is 0.691. The lowest BCUT2D eigenvalue weighted by Crippen LogP contribution is -2.40. The summed E-state index contributed by atoms with van der Waals surface area (Å²) in [6, 6.07) is 7.74. The number of rotatable bonds is 6. The minimum atomic E-state index is 0.0442. The molecule has 2 aliphatic rings. The summed E-state index contributed by atoms with van der Waals surface area (Å²) in [6.07, 6.45) is 2.81. The number of ether oxygens (including phenoxy) is 1. The van der Waals surface area contributed by atoms with Gasteiger partial charge in [-0.2, -0.15) is 0 Å². The predicted molar refractivity (Wildman–Crippen MR) is 123 cm³/mol. The van der Waals surface area contributed by atoms with Gasteiger partial charge in [0.2, 0.25) is 11.8 Å². The molecule has 0 saturated carbocycles. The van der Waals surface area contributed by atoms with Crippen molar-refractivity contribution in [3.63, 3.8) is 0 Å². The van der Waals surface area contributed by atoms with E-state index in [-0.39, 0.29) is 17.7 Å². The molecular weight excluding hydrogens is 404 g/mol. The van der Waals surface area contributed by atoms with Crippen LogP contribution in [0.1, 0.15) is 61.7 Å². The maximum Gasteiger partial charge on any atom is 0.233 e. The third kappa shape index (κ3) is 4.61. The van der Waals surface area contributed by atoms with Crippen LogP contribution in [0.3, 0.4) is 0 Å². The number of carbonyl (C=O) groups is 2. The summed E-state index contributed by atoms with van der Waals surface area (Å²) in [4.78, 5) is 38.8. The summed E-state index contributed by atoms with van der Waals surface area (Å²) < 4.78 is 5.23. The smallest absolute Gasteiger partial charge is 0.233 e. The molecule has 1 aromatic heterocycles. The van der Waals surface area contributed by atoms with Crippen molar-refractivity contribution in [1.82, 2.24) is 14.9 Å². The molecule has 0 N–H and O–H groups in total. The molecule has 1 fully saturated rings. The number of amides is 2. The van der Waals surface area contributed by atoms with Crippen LogP contribution in [0, 0.1) is 12.8 Å². The molecule has 7 heteroatoms. The topological polar surface area (TPSA) is 75.6 Å². The summed E-state index contributed by atoms with van der Waals surface area (Å²) in [7, 11) is 1.64. The summed E-state index contributed by atoms with van der Waals surface area (Å²) in [6.45, 7) is 8.01. The summed E-state index contributed by atoms with van der Waals surface area (Å²) in [5.41, 5.74) is 2.80. The molecule has 1 aromatic carbocycles. The van der Waals surface area contributed by atoms with Crippen LogP contribution < -0.4 is 9.64 Å². The van der Waals surface area contributed by atoms with Gasteiger partial charge in [-0.05, 0) is 43.4 Å². The van der Waals surface area contributed by atoms with Gasteiger partial charge in [0.25, 0.3) is 0 Å². The van der Waals surface area contributed by atoms with Crippen LogP contribution in [-0.4, -0.2) is 46.9 Å². The van der Waals surface area contributed by atoms with Gasteiger partial charge in [-0.3, -0.25) is 14.5 Å². The van der Waals surface area contributed by atoms with E-state index < -0.39 is 0 Å². The standard InChI is InChI=1S/C25H32N4O3/c1-16(2)12-22(30)28-11-5-6-19(15-28)24-26-17(3)21-13-23(31)29(25(21)27-24)14-18-7-9-20(32-4)10-8-18/h7-10,16,19H,5-6,11-15H2,1-4H3. The molecule has 3 heterocycles. The second-order valence-electron chi connectivity index (χ2n) is 9.25. The molecule has 0 spiro atoms. The normalized spacial score (nSPS) is 18.3. The second-order valence-corrected chi connectivity index (χ2v) is 9.25. The average molecular weight is 437 g/mol. The molecule has 7 nitrogen and oxygen atoms in total. The van der Waals surface area contributed by atoms with Crippen LogP contribution >= 0.6 is 0 Å². The Morgan fingerprint density at radius 1 is 1.22 bits per heavy atom. The van der Waals surface area contributed by atoms with E-state index in [4.69, 9.17) is 14.7 Å². The van der Waals surface area contributed by atoms with Gasteiger partial charge in [-0.25, -0.2) is 9.97 Å². The maximum absolute atomic E-state index is 12.8. The zero-order chi connectivity index (χ0) is 22.8. The molecule has 0 bridgehead atoms. The van der Waals surface area contributed by atoms with Gasteiger partial charge in [-0.1, -0.05) is 26.0 Å². The minimum absolute atomic E-state index is 0.0442. The van der Waals surface area contributed by atoms with E-state index in [0.717, 1.165) is 53.6 Å². The fraction of sp³-hybridized carbons (Fsp3) is 0.520. The highest BCUT2D eigenvalue weighted by Gasteiger charge is 2.34. The number of likely N-dealkylation sites (tertiary alicyclic amines) is 1. The van der Waals surface area contributed by atoms with Crippen molar-refractivity contribution >= 4 is 17.6 Å². The molecule has 32 heavy (non-hydrogen) atoms. The highest BCUT2D eigenvalue weighted by molar-refractivity contribution is 6.00. The Labute approximate surface area is 189 Å². The van der Waals surface area contributed by atoms with Gasteiger partial charge in [0.15, 0.2) is 0 Å². The first-order valence-corrected chi connectivity index (χ1v) is 11.4. The summed E-state index contributed by atoms with van der Waals surface area (Å²) >= 11 is 0. The highest BCUT2D eigenvalue weighted by Crippen LogP contribution is 2.34. The first-order chi connectivity index (χ1) is 15.4. The van der Waals surface area contributed by atoms with Gasteiger partial charge in [0.05, 0.1) is 20.1 Å². The zero-order valence-electron chi connectivity index (χ0n) is 19.4. The van der Waals surface area contributed by atoms with E-state index in [9.17, 15) is 9.59 Å². The van der Waals surface area contributed by atoms with Gasteiger partial charge >= 0.3 is 0 Å². The first kappa shape index (κ1) is 22.2. The monoisotopic (exact) mass is 436 g/mol. The van der Waals surface area contributed by atoms with E-state index >= 15 is 0 Å². The molecule has 0 aliphatic carbocycles. The molecule has 4 rings (SSSR count). The van der Waals surface area contributed by atoms with Gasteiger partial charge in [0.1, 0.15) is 17.4 Å². The number of fused-ring (bicyclic) bond motifs is 1. The average Bonchev–Trinajstić information content (AvgIpc) is 3.09. The van der Waals surface area contributed by atoms with Crippen molar-refractivity contribution < 1.29 is 14.3 Å². The number of nitrogens with zero attached hydrogens (tertiary/aromatic N) is 4. The summed E-state index contributed by atoms with van der Waals surface area (Å²) in [5, 5.41) is 0. The van der Waals surface area contributed by atoms with Crippen LogP contribution in [0.25, 0.3) is 0 Å². The lowest BCUT2D eigenvalue weighted by atomic mass is 9.96. The van der Waals surface area contributed by atoms with E-state index in [1.165, 1.54) is 0 Å². The van der Waals surface area contributed by atoms with Gasteiger partial charge in [0, 0.05) is 36.7 Å². The molecular formula is C25H32N4O3. The largest absolute Gasteiger partial charge is 0.497 e. The first-order valence-electron chi connectivity index (χ1n) is 11.4. The summed E-state index contributed by atoms with van der Waals surface area (Å²) in [5.74, 6) is 2.95. The number of aryl methyl sites for hydroxylation is 1. The van der Waals surface area contributed by atoms with E-state index in [1.54, 1.807) is 12.0 Å². The van der Waals surface area contributed by atoms with Crippen LogP contribution in [-0.2, 0) is 22.6 Å². The van der Waals surface area contributed by atoms with Gasteiger partial charge < -0.3 is 9.64 Å². The van der Waals surface area contributed by atoms with Crippen molar-refractivity contribution in [3.8, 4) is 5.75 Å². The fourth-order valence-electron chi connectivity index (χ4n) is 4.55. The Bertz CT molecular complexity index is 1000. The molecule has 170 valence electrons. The van der Waals surface area contributed by atoms with E-state index in [0.29, 0.717) is 31.8 Å². The highest BCUT2D eigenvalue weighted by atomic mass is 16.5.